The number of hydrogen-bond acceptors (Lipinski definition) is 9. The molecule has 0 aromatic heterocycles. The molecule has 2 aromatic rings. The monoisotopic (exact) mass is 818 g/mol. The zero-order valence-electron chi connectivity index (χ0n) is 34.1. The smallest absolute Gasteiger partial charge is 0.275 e. The molecule has 7 aliphatic rings. The van der Waals surface area contributed by atoms with Gasteiger partial charge in [-0.05, 0) is 117 Å². The Labute approximate surface area is 349 Å². The Balaban J connectivity index is 1.08. The number of rotatable bonds is 6. The van der Waals surface area contributed by atoms with Crippen LogP contribution in [0.4, 0.5) is 5.69 Å². The molecule has 9 rings (SSSR count). The van der Waals surface area contributed by atoms with Crippen molar-refractivity contribution >= 4 is 35.2 Å². The predicted octanol–water partition coefficient (Wildman–Crippen LogP) is 8.10. The van der Waals surface area contributed by atoms with E-state index in [-0.39, 0.29) is 16.6 Å². The van der Waals surface area contributed by atoms with Crippen molar-refractivity contribution in [3.8, 4) is 5.75 Å². The number of benzene rings is 2. The van der Waals surface area contributed by atoms with E-state index in [1.807, 2.05) is 24.3 Å². The number of aryl methyl sites for hydroxylation is 1. The Morgan fingerprint density at radius 2 is 1.96 bits per heavy atom. The molecule has 11 heteroatoms. The number of nitrogens with zero attached hydrogens (tertiary/aromatic N) is 3. The third-order valence-corrected chi connectivity index (χ3v) is 16.2. The van der Waals surface area contributed by atoms with Crippen molar-refractivity contribution in [2.45, 2.75) is 100 Å². The van der Waals surface area contributed by atoms with Crippen molar-refractivity contribution in [1.29, 1.82) is 0 Å². The molecule has 2 bridgehead atoms. The predicted molar refractivity (Wildman–Crippen MR) is 228 cm³/mol. The first-order valence-corrected chi connectivity index (χ1v) is 23.3. The highest BCUT2D eigenvalue weighted by molar-refractivity contribution is 7.95. The van der Waals surface area contributed by atoms with Crippen LogP contribution in [0.15, 0.2) is 48.6 Å². The van der Waals surface area contributed by atoms with Gasteiger partial charge in [-0.1, -0.05) is 56.0 Å². The summed E-state index contributed by atoms with van der Waals surface area (Å²) in [5.74, 6) is 2.49. The minimum absolute atomic E-state index is 0.193. The van der Waals surface area contributed by atoms with Gasteiger partial charge in [0.25, 0.3) is 5.91 Å². The lowest BCUT2D eigenvalue weighted by molar-refractivity contribution is -0.121. The summed E-state index contributed by atoms with van der Waals surface area (Å²) in [6.07, 6.45) is 16.3. The fourth-order valence-corrected chi connectivity index (χ4v) is 12.4. The van der Waals surface area contributed by atoms with E-state index in [0.717, 1.165) is 126 Å². The summed E-state index contributed by atoms with van der Waals surface area (Å²) in [5.41, 5.74) is 6.49. The van der Waals surface area contributed by atoms with Crippen molar-refractivity contribution < 1.29 is 23.3 Å². The molecule has 2 aromatic carbocycles. The van der Waals surface area contributed by atoms with Crippen LogP contribution in [0.25, 0.3) is 0 Å². The van der Waals surface area contributed by atoms with Crippen LogP contribution in [0.1, 0.15) is 93.1 Å². The molecule has 5 unspecified atom stereocenters. The number of halogens is 1. The van der Waals surface area contributed by atoms with E-state index in [9.17, 15) is 4.79 Å². The number of piperazine rings is 1. The third-order valence-electron chi connectivity index (χ3n) is 14.8. The quantitative estimate of drug-likeness (QED) is 0.230. The molecule has 7 atom stereocenters. The van der Waals surface area contributed by atoms with Crippen molar-refractivity contribution in [1.82, 2.24) is 15.3 Å². The zero-order chi connectivity index (χ0) is 39.0. The van der Waals surface area contributed by atoms with Crippen LogP contribution >= 0.6 is 23.6 Å². The molecule has 4 aliphatic heterocycles. The second-order valence-electron chi connectivity index (χ2n) is 18.4. The number of nitrogens with one attached hydrogen (secondary N) is 1. The number of hydrogen-bond donors (Lipinski definition) is 1. The van der Waals surface area contributed by atoms with Crippen molar-refractivity contribution in [2.75, 3.05) is 77.1 Å². The van der Waals surface area contributed by atoms with Gasteiger partial charge >= 0.3 is 0 Å². The summed E-state index contributed by atoms with van der Waals surface area (Å²) in [7, 11) is 0. The van der Waals surface area contributed by atoms with E-state index in [4.69, 9.17) is 30.1 Å². The number of allylic oxidation sites excluding steroid dienone is 1. The third kappa shape index (κ3) is 8.40. The van der Waals surface area contributed by atoms with Crippen LogP contribution in [-0.4, -0.2) is 105 Å². The van der Waals surface area contributed by atoms with Gasteiger partial charge in [-0.15, -0.1) is 0 Å². The number of fused-ring (bicyclic) bond motifs is 5. The van der Waals surface area contributed by atoms with Crippen LogP contribution in [0, 0.1) is 23.7 Å². The molecule has 1 amide bonds. The van der Waals surface area contributed by atoms with Gasteiger partial charge in [-0.3, -0.25) is 14.6 Å². The fraction of sp³-hybridized carbons (Fsp3) is 0.674. The van der Waals surface area contributed by atoms with Crippen LogP contribution in [0.5, 0.6) is 5.75 Å². The highest BCUT2D eigenvalue weighted by Gasteiger charge is 2.50. The van der Waals surface area contributed by atoms with Crippen LogP contribution in [0.2, 0.25) is 5.02 Å². The van der Waals surface area contributed by atoms with Gasteiger partial charge in [0.05, 0.1) is 25.5 Å². The summed E-state index contributed by atoms with van der Waals surface area (Å²) in [4.78, 5) is 21.7. The molecule has 4 fully saturated rings. The number of amides is 1. The number of anilines is 1. The first-order chi connectivity index (χ1) is 27.8. The van der Waals surface area contributed by atoms with Crippen molar-refractivity contribution in [3.05, 3.63) is 70.3 Å². The largest absolute Gasteiger partial charge is 0.490 e. The Morgan fingerprint density at radius 1 is 1.05 bits per heavy atom. The second-order valence-corrected chi connectivity index (χ2v) is 19.8. The molecule has 1 spiro atoms. The first-order valence-electron chi connectivity index (χ1n) is 22.1. The summed E-state index contributed by atoms with van der Waals surface area (Å²) in [5, 5.41) is 1.06. The van der Waals surface area contributed by atoms with E-state index in [1.165, 1.54) is 42.4 Å². The van der Waals surface area contributed by atoms with Gasteiger partial charge < -0.3 is 19.1 Å². The highest BCUT2D eigenvalue weighted by Crippen LogP contribution is 2.50. The van der Waals surface area contributed by atoms with Gasteiger partial charge in [-0.2, -0.15) is 0 Å². The first kappa shape index (κ1) is 40.1. The average Bonchev–Trinajstić information content (AvgIpc) is 3.33. The standard InChI is InChI=1S/C46H63ClN4O5S/c1-3-55-46(30-49-19-20-50-21-22-53-28-38(50)27-49)18-5-7-32(2)43(23-33-8-4-9-33)57-56-48-44(52)35-12-16-42-41(25-35)51(26-36-11-14-40(36)46)29-45(31-54-42)17-6-10-34-24-37(47)13-15-39(34)45/h5,12-13,15-16,18,24-25,32-33,36,38,40,43H,3-4,6-11,14,17,19-23,26-31H2,1-2H3,(H,48,52)/b18-5+/t32?,36?,38?,40?,43?,45-,46-/m0/s1. The Hall–Kier alpha value is -2.31. The van der Waals surface area contributed by atoms with Gasteiger partial charge in [0, 0.05) is 91.8 Å². The molecule has 2 saturated carbocycles. The van der Waals surface area contributed by atoms with Gasteiger partial charge in [0.15, 0.2) is 0 Å². The number of hydroxylamine groups is 1. The minimum Gasteiger partial charge on any atom is -0.490 e. The molecule has 2 saturated heterocycles. The number of ether oxygens (including phenoxy) is 3. The Kier molecular flexibility index (Phi) is 12.2. The summed E-state index contributed by atoms with van der Waals surface area (Å²) in [6.45, 7) is 14.2. The summed E-state index contributed by atoms with van der Waals surface area (Å²) >= 11 is 8.01. The maximum absolute atomic E-state index is 13.8. The Morgan fingerprint density at radius 3 is 2.79 bits per heavy atom. The highest BCUT2D eigenvalue weighted by atomic mass is 35.5. The summed E-state index contributed by atoms with van der Waals surface area (Å²) < 4.78 is 26.0. The van der Waals surface area contributed by atoms with Crippen LogP contribution in [0.3, 0.4) is 0 Å². The van der Waals surface area contributed by atoms with Crippen LogP contribution in [-0.2, 0) is 25.6 Å². The molecule has 0 radical (unpaired) electrons. The average molecular weight is 820 g/mol. The van der Waals surface area contributed by atoms with E-state index in [2.05, 4.69) is 58.3 Å². The van der Waals surface area contributed by atoms with Gasteiger partial charge in [-0.25, -0.2) is 9.76 Å². The molecular weight excluding hydrogens is 756 g/mol. The normalized spacial score (nSPS) is 34.6. The summed E-state index contributed by atoms with van der Waals surface area (Å²) in [6, 6.07) is 12.8. The molecule has 57 heavy (non-hydrogen) atoms. The van der Waals surface area contributed by atoms with Crippen molar-refractivity contribution in [3.63, 3.8) is 0 Å². The lowest BCUT2D eigenvalue weighted by Gasteiger charge is -2.53. The zero-order valence-corrected chi connectivity index (χ0v) is 35.7. The minimum atomic E-state index is -0.410. The van der Waals surface area contributed by atoms with Crippen molar-refractivity contribution in [2.24, 2.45) is 23.7 Å². The van der Waals surface area contributed by atoms with E-state index < -0.39 is 5.60 Å². The second kappa shape index (κ2) is 17.3. The number of morpholine rings is 1. The maximum Gasteiger partial charge on any atom is 0.275 e. The molecule has 310 valence electrons. The number of carbonyl (C=O) groups is 1. The van der Waals surface area contributed by atoms with E-state index >= 15 is 0 Å². The SMILES string of the molecule is CCO[C@]1(CN2CCN3CCOCC3C2)/C=C/CC(C)C(CC2CCC2)SONC(=O)c2ccc3c(c2)N(CC2CCC21)C[C@@]1(CCCc2cc(Cl)ccc21)CO3. The van der Waals surface area contributed by atoms with Crippen LogP contribution < -0.4 is 15.1 Å². The molecular formula is C46H63ClN4O5S. The Bertz CT molecular complexity index is 1780. The fourth-order valence-electron chi connectivity index (χ4n) is 11.3. The van der Waals surface area contributed by atoms with Gasteiger partial charge in [0.2, 0.25) is 0 Å². The maximum atomic E-state index is 13.8. The van der Waals surface area contributed by atoms with Gasteiger partial charge in [0.1, 0.15) is 11.4 Å². The molecule has 3 aliphatic carbocycles. The lowest BCUT2D eigenvalue weighted by Crippen LogP contribution is -2.62. The molecule has 9 nitrogen and oxygen atoms in total. The number of carbonyl (C=O) groups excluding carboxylic acids is 1. The topological polar surface area (TPSA) is 75.7 Å². The van der Waals surface area contributed by atoms with E-state index in [0.29, 0.717) is 42.6 Å². The van der Waals surface area contributed by atoms with E-state index in [1.54, 1.807) is 0 Å². The molecule has 1 N–H and O–H groups in total. The lowest BCUT2D eigenvalue weighted by atomic mass is 9.63. The molecule has 4 heterocycles.